The molecule has 4 heterocycles. The quantitative estimate of drug-likeness (QED) is 0.289. The van der Waals surface area contributed by atoms with Gasteiger partial charge in [0.25, 0.3) is 0 Å². The van der Waals surface area contributed by atoms with Gasteiger partial charge in [0.15, 0.2) is 5.78 Å². The van der Waals surface area contributed by atoms with Crippen molar-refractivity contribution in [1.82, 2.24) is 0 Å². The van der Waals surface area contributed by atoms with Crippen LogP contribution in [0.15, 0.2) is 12.1 Å². The smallest absolute Gasteiger partial charge is 0.343 e. The van der Waals surface area contributed by atoms with E-state index in [0.29, 0.717) is 45.2 Å². The molecule has 7 atom stereocenters. The molecule has 9 rings (SSSR count). The summed E-state index contributed by atoms with van der Waals surface area (Å²) < 4.78 is 31.4. The Morgan fingerprint density at radius 2 is 1.65 bits per heavy atom. The molecule has 6 aliphatic rings. The van der Waals surface area contributed by atoms with Crippen LogP contribution in [0.4, 0.5) is 0 Å². The fourth-order valence-corrected chi connectivity index (χ4v) is 9.36. The SMILES string of the molecule is CC(=O)O[C@H]1[C@@H]2C(=O)c3c(C)cc(O)c4c3[C@@]1(COC4=O)c1c3c4c5c(c(O)cc(C)c5c12)C(=O)O[C@H]4C[C@]1(OC[C@H](C)C1C)O3. The normalized spacial score (nSPS) is 32.5. The van der Waals surface area contributed by atoms with Crippen molar-refractivity contribution in [2.75, 3.05) is 13.2 Å². The number of hydrogen-bond acceptors (Lipinski definition) is 11. The highest BCUT2D eigenvalue weighted by molar-refractivity contribution is 6.18. The largest absolute Gasteiger partial charge is 0.507 e. The first-order valence-electron chi connectivity index (χ1n) is 15.5. The van der Waals surface area contributed by atoms with Crippen LogP contribution in [0.3, 0.4) is 0 Å². The van der Waals surface area contributed by atoms with Crippen LogP contribution in [0.2, 0.25) is 0 Å². The summed E-state index contributed by atoms with van der Waals surface area (Å²) in [5.41, 5.74) is 1.28. The summed E-state index contributed by atoms with van der Waals surface area (Å²) in [5.74, 6) is -5.23. The van der Waals surface area contributed by atoms with Gasteiger partial charge in [-0.15, -0.1) is 0 Å². The molecule has 0 radical (unpaired) electrons. The molecule has 1 unspecified atom stereocenters. The fraction of sp³-hybridized carbons (Fsp3) is 0.429. The van der Waals surface area contributed by atoms with Crippen molar-refractivity contribution in [3.8, 4) is 17.2 Å². The number of carbonyl (C=O) groups is 4. The number of hydrogen-bond donors (Lipinski definition) is 2. The van der Waals surface area contributed by atoms with Gasteiger partial charge in [-0.25, -0.2) is 9.59 Å². The minimum atomic E-state index is -1.47. The molecule has 1 fully saturated rings. The number of Topliss-reactive ketones (excluding diaryl/α,β-unsaturated/α-hetero) is 1. The zero-order chi connectivity index (χ0) is 32.4. The van der Waals surface area contributed by atoms with Crippen molar-refractivity contribution < 1.29 is 53.1 Å². The van der Waals surface area contributed by atoms with Gasteiger partial charge in [0, 0.05) is 34.9 Å². The van der Waals surface area contributed by atoms with Crippen molar-refractivity contribution in [3.63, 3.8) is 0 Å². The number of benzene rings is 3. The Kier molecular flexibility index (Phi) is 5.04. The van der Waals surface area contributed by atoms with E-state index in [-0.39, 0.29) is 64.4 Å². The van der Waals surface area contributed by atoms with Gasteiger partial charge in [-0.1, -0.05) is 13.8 Å². The van der Waals surface area contributed by atoms with Crippen LogP contribution < -0.4 is 4.74 Å². The molecule has 3 aromatic rings. The Morgan fingerprint density at radius 3 is 2.35 bits per heavy atom. The third-order valence-corrected chi connectivity index (χ3v) is 11.4. The van der Waals surface area contributed by atoms with Crippen LogP contribution in [-0.2, 0) is 29.2 Å². The molecule has 3 aromatic carbocycles. The highest BCUT2D eigenvalue weighted by Crippen LogP contribution is 2.68. The minimum absolute atomic E-state index is 0.0401. The Balaban J connectivity index is 1.52. The van der Waals surface area contributed by atoms with Crippen molar-refractivity contribution >= 4 is 34.5 Å². The van der Waals surface area contributed by atoms with Crippen LogP contribution in [-0.4, -0.2) is 59.0 Å². The van der Waals surface area contributed by atoms with E-state index in [1.807, 2.05) is 13.8 Å². The standard InChI is InChI=1S/C35H30O11/c1-11-6-16(37)21-24-19(11)25-26-29(39)20-12(2)7-17(38)22-27(20)34(10-42-32(22)40,31(26)44-15(5)36)28(25)30-23(24)18(45-33(21)41)8-35(46-30)14(4)13(3)9-43-35/h6-7,13-14,18,26,31,37-38H,8-10H2,1-5H3/t13-,14?,18-,26-,31-,34-,35-/m0/s1. The number of cyclic esters (lactones) is 1. The molecular weight excluding hydrogens is 596 g/mol. The number of esters is 3. The van der Waals surface area contributed by atoms with Crippen LogP contribution >= 0.6 is 0 Å². The van der Waals surface area contributed by atoms with E-state index in [1.54, 1.807) is 13.8 Å². The number of aryl methyl sites for hydroxylation is 2. The van der Waals surface area contributed by atoms with Gasteiger partial charge < -0.3 is 33.9 Å². The third kappa shape index (κ3) is 2.90. The Morgan fingerprint density at radius 1 is 0.935 bits per heavy atom. The van der Waals surface area contributed by atoms with Crippen LogP contribution in [0.25, 0.3) is 10.8 Å². The molecule has 1 saturated heterocycles. The van der Waals surface area contributed by atoms with E-state index in [2.05, 4.69) is 0 Å². The lowest BCUT2D eigenvalue weighted by molar-refractivity contribution is -0.201. The van der Waals surface area contributed by atoms with Crippen molar-refractivity contribution in [2.45, 2.75) is 70.4 Å². The second kappa shape index (κ2) is 8.38. The zero-order valence-corrected chi connectivity index (χ0v) is 25.7. The highest BCUT2D eigenvalue weighted by Gasteiger charge is 2.69. The summed E-state index contributed by atoms with van der Waals surface area (Å²) in [5, 5.41) is 23.2. The van der Waals surface area contributed by atoms with Gasteiger partial charge in [0.1, 0.15) is 47.2 Å². The lowest BCUT2D eigenvalue weighted by atomic mass is 9.63. The molecule has 11 heteroatoms. The predicted molar refractivity (Wildman–Crippen MR) is 157 cm³/mol. The summed E-state index contributed by atoms with van der Waals surface area (Å²) in [6.07, 6.45) is -1.82. The Bertz CT molecular complexity index is 2060. The monoisotopic (exact) mass is 626 g/mol. The number of rotatable bonds is 1. The first-order chi connectivity index (χ1) is 21.8. The number of phenols is 2. The van der Waals surface area contributed by atoms with Gasteiger partial charge >= 0.3 is 17.9 Å². The average Bonchev–Trinajstić information content (AvgIpc) is 3.36. The van der Waals surface area contributed by atoms with Crippen molar-refractivity contribution in [1.29, 1.82) is 0 Å². The lowest BCUT2D eigenvalue weighted by Crippen LogP contribution is -2.54. The lowest BCUT2D eigenvalue weighted by Gasteiger charge is -2.47. The summed E-state index contributed by atoms with van der Waals surface area (Å²) in [7, 11) is 0. The van der Waals surface area contributed by atoms with Crippen LogP contribution in [0.5, 0.6) is 17.2 Å². The van der Waals surface area contributed by atoms with Gasteiger partial charge in [-0.05, 0) is 59.5 Å². The van der Waals surface area contributed by atoms with Gasteiger partial charge in [0.2, 0.25) is 5.79 Å². The molecule has 2 bridgehead atoms. The Hall–Kier alpha value is -4.64. The van der Waals surface area contributed by atoms with E-state index in [4.69, 9.17) is 23.7 Å². The van der Waals surface area contributed by atoms with Gasteiger partial charge in [-0.2, -0.15) is 0 Å². The van der Waals surface area contributed by atoms with Crippen molar-refractivity contribution in [3.05, 3.63) is 62.2 Å². The third-order valence-electron chi connectivity index (χ3n) is 11.4. The van der Waals surface area contributed by atoms with E-state index in [9.17, 15) is 29.4 Å². The topological polar surface area (TPSA) is 155 Å². The molecule has 11 nitrogen and oxygen atoms in total. The first kappa shape index (κ1) is 27.7. The molecule has 2 N–H and O–H groups in total. The molecule has 236 valence electrons. The fourth-order valence-electron chi connectivity index (χ4n) is 9.36. The molecule has 0 aromatic heterocycles. The molecular formula is C35H30O11. The molecule has 2 aliphatic carbocycles. The van der Waals surface area contributed by atoms with Crippen LogP contribution in [0, 0.1) is 25.7 Å². The van der Waals surface area contributed by atoms with E-state index >= 15 is 0 Å². The second-order valence-electron chi connectivity index (χ2n) is 13.7. The number of aromatic hydroxyl groups is 2. The number of ketones is 1. The van der Waals surface area contributed by atoms with E-state index < -0.39 is 53.0 Å². The Labute approximate surface area is 262 Å². The van der Waals surface area contributed by atoms with Crippen molar-refractivity contribution in [2.24, 2.45) is 11.8 Å². The summed E-state index contributed by atoms with van der Waals surface area (Å²) in [6.45, 7) is 8.86. The van der Waals surface area contributed by atoms with E-state index in [0.717, 1.165) is 0 Å². The first-order valence-corrected chi connectivity index (χ1v) is 15.5. The maximum absolute atomic E-state index is 14.8. The predicted octanol–water partition coefficient (Wildman–Crippen LogP) is 4.54. The maximum atomic E-state index is 14.8. The van der Waals surface area contributed by atoms with Gasteiger partial charge in [0.05, 0.1) is 24.4 Å². The molecule has 46 heavy (non-hydrogen) atoms. The minimum Gasteiger partial charge on any atom is -0.507 e. The average molecular weight is 627 g/mol. The summed E-state index contributed by atoms with van der Waals surface area (Å²) in [4.78, 5) is 54.7. The molecule has 2 spiro atoms. The highest BCUT2D eigenvalue weighted by atomic mass is 16.7. The van der Waals surface area contributed by atoms with Crippen LogP contribution in [0.1, 0.15) is 104 Å². The maximum Gasteiger partial charge on any atom is 0.343 e. The zero-order valence-electron chi connectivity index (χ0n) is 25.7. The molecule has 0 saturated carbocycles. The molecule has 0 amide bonds. The number of ether oxygens (including phenoxy) is 5. The van der Waals surface area contributed by atoms with E-state index in [1.165, 1.54) is 19.1 Å². The summed E-state index contributed by atoms with van der Waals surface area (Å²) >= 11 is 0. The number of phenolic OH excluding ortho intramolecular Hbond substituents is 2. The number of carbonyl (C=O) groups excluding carboxylic acids is 4. The van der Waals surface area contributed by atoms with Gasteiger partial charge in [-0.3, -0.25) is 9.59 Å². The molecule has 4 aliphatic heterocycles. The number of fused-ring (bicyclic) bond motifs is 5. The second-order valence-corrected chi connectivity index (χ2v) is 13.7. The summed E-state index contributed by atoms with van der Waals surface area (Å²) in [6, 6.07) is 2.83.